The molecule has 132 valence electrons. The van der Waals surface area contributed by atoms with Crippen LogP contribution in [-0.4, -0.2) is 35.2 Å². The molecular formula is C20H29NO3. The fraction of sp³-hybridized carbons (Fsp3) is 0.650. The van der Waals surface area contributed by atoms with E-state index in [4.69, 9.17) is 4.74 Å². The minimum Gasteiger partial charge on any atom is -0.496 e. The second kappa shape index (κ2) is 7.14. The highest BCUT2D eigenvalue weighted by Gasteiger charge is 2.50. The molecule has 24 heavy (non-hydrogen) atoms. The Morgan fingerprint density at radius 1 is 1.33 bits per heavy atom. The summed E-state index contributed by atoms with van der Waals surface area (Å²) < 4.78 is 5.58. The number of carbonyl (C=O) groups is 1. The summed E-state index contributed by atoms with van der Waals surface area (Å²) >= 11 is 0. The second-order valence-electron chi connectivity index (χ2n) is 7.23. The molecule has 2 fully saturated rings. The summed E-state index contributed by atoms with van der Waals surface area (Å²) in [5.41, 5.74) is 0.390. The first kappa shape index (κ1) is 17.3. The van der Waals surface area contributed by atoms with Gasteiger partial charge in [0.05, 0.1) is 18.8 Å². The molecule has 0 spiro atoms. The van der Waals surface area contributed by atoms with Crippen LogP contribution >= 0.6 is 0 Å². The maximum absolute atomic E-state index is 12.8. The Morgan fingerprint density at radius 3 is 2.88 bits per heavy atom. The highest BCUT2D eigenvalue weighted by Crippen LogP contribution is 2.50. The zero-order chi connectivity index (χ0) is 17.2. The van der Waals surface area contributed by atoms with Gasteiger partial charge in [0.1, 0.15) is 5.75 Å². The van der Waals surface area contributed by atoms with Gasteiger partial charge in [0.2, 0.25) is 5.91 Å². The van der Waals surface area contributed by atoms with Crippen molar-refractivity contribution in [2.24, 2.45) is 5.92 Å². The van der Waals surface area contributed by atoms with Crippen molar-refractivity contribution in [3.05, 3.63) is 29.8 Å². The van der Waals surface area contributed by atoms with Crippen LogP contribution in [0.3, 0.4) is 0 Å². The fourth-order valence-corrected chi connectivity index (χ4v) is 4.61. The van der Waals surface area contributed by atoms with E-state index in [9.17, 15) is 9.90 Å². The number of methoxy groups -OCH3 is 1. The maximum Gasteiger partial charge on any atom is 0.223 e. The number of carbonyl (C=O) groups excluding carboxylic acids is 1. The summed E-state index contributed by atoms with van der Waals surface area (Å²) in [5.74, 6) is 1.10. The molecule has 1 saturated heterocycles. The number of nitrogens with zero attached hydrogens (tertiary/aromatic N) is 1. The molecule has 4 nitrogen and oxygen atoms in total. The number of rotatable bonds is 4. The molecule has 1 saturated carbocycles. The lowest BCUT2D eigenvalue weighted by Gasteiger charge is -2.52. The van der Waals surface area contributed by atoms with Crippen molar-refractivity contribution in [1.82, 2.24) is 4.90 Å². The van der Waals surface area contributed by atoms with Gasteiger partial charge in [-0.25, -0.2) is 0 Å². The maximum atomic E-state index is 12.8. The zero-order valence-electron chi connectivity index (χ0n) is 14.8. The van der Waals surface area contributed by atoms with E-state index in [1.54, 1.807) is 7.11 Å². The van der Waals surface area contributed by atoms with E-state index in [0.29, 0.717) is 19.4 Å². The predicted octanol–water partition coefficient (Wildman–Crippen LogP) is 3.69. The first-order valence-corrected chi connectivity index (χ1v) is 9.25. The first-order valence-electron chi connectivity index (χ1n) is 9.25. The number of hydrogen-bond acceptors (Lipinski definition) is 3. The summed E-state index contributed by atoms with van der Waals surface area (Å²) in [7, 11) is 1.67. The number of ether oxygens (including phenoxy) is 1. The molecule has 0 unspecified atom stereocenters. The summed E-state index contributed by atoms with van der Waals surface area (Å²) in [5, 5.41) is 11.2. The molecule has 1 N–H and O–H groups in total. The lowest BCUT2D eigenvalue weighted by atomic mass is 9.66. The standard InChI is InChI=1S/C20H29NO3/c1-3-8-18(22)21-14-13-20(23)12-7-6-10-16(20)19(21)15-9-4-5-11-17(15)24-2/h4-5,9,11,16,19,23H,3,6-8,10,12-14H2,1-2H3/t16-,19+,20+/m1/s1. The molecule has 1 amide bonds. The molecule has 1 heterocycles. The normalized spacial score (nSPS) is 29.9. The predicted molar refractivity (Wildman–Crippen MR) is 93.9 cm³/mol. The number of aliphatic hydroxyl groups is 1. The van der Waals surface area contributed by atoms with Crippen LogP contribution in [0.5, 0.6) is 5.75 Å². The Labute approximate surface area is 144 Å². The molecule has 1 aromatic rings. The molecule has 0 radical (unpaired) electrons. The van der Waals surface area contributed by atoms with Crippen LogP contribution in [-0.2, 0) is 4.79 Å². The number of hydrogen-bond donors (Lipinski definition) is 1. The molecule has 4 heteroatoms. The Hall–Kier alpha value is -1.55. The largest absolute Gasteiger partial charge is 0.496 e. The van der Waals surface area contributed by atoms with Gasteiger partial charge in [-0.2, -0.15) is 0 Å². The lowest BCUT2D eigenvalue weighted by molar-refractivity contribution is -0.155. The smallest absolute Gasteiger partial charge is 0.223 e. The minimum atomic E-state index is -0.646. The highest BCUT2D eigenvalue weighted by atomic mass is 16.5. The van der Waals surface area contributed by atoms with E-state index < -0.39 is 5.60 Å². The van der Waals surface area contributed by atoms with Crippen molar-refractivity contribution in [2.45, 2.75) is 63.5 Å². The van der Waals surface area contributed by atoms with E-state index in [0.717, 1.165) is 43.4 Å². The quantitative estimate of drug-likeness (QED) is 0.915. The van der Waals surface area contributed by atoms with Gasteiger partial charge >= 0.3 is 0 Å². The molecule has 0 aromatic heterocycles. The Kier molecular flexibility index (Phi) is 5.14. The number of benzene rings is 1. The van der Waals surface area contributed by atoms with Gasteiger partial charge in [-0.15, -0.1) is 0 Å². The molecule has 2 aliphatic rings. The fourth-order valence-electron chi connectivity index (χ4n) is 4.61. The van der Waals surface area contributed by atoms with E-state index in [1.165, 1.54) is 0 Å². The average Bonchev–Trinajstić information content (AvgIpc) is 2.60. The van der Waals surface area contributed by atoms with Gasteiger partial charge in [-0.1, -0.05) is 38.0 Å². The molecule has 1 aromatic carbocycles. The number of fused-ring (bicyclic) bond motifs is 1. The second-order valence-corrected chi connectivity index (χ2v) is 7.23. The summed E-state index contributed by atoms with van der Waals surface area (Å²) in [4.78, 5) is 14.8. The summed E-state index contributed by atoms with van der Waals surface area (Å²) in [6.45, 7) is 2.67. The Morgan fingerprint density at radius 2 is 2.12 bits per heavy atom. The average molecular weight is 331 g/mol. The van der Waals surface area contributed by atoms with Gasteiger partial charge < -0.3 is 14.7 Å². The van der Waals surface area contributed by atoms with Crippen molar-refractivity contribution in [2.75, 3.05) is 13.7 Å². The molecule has 3 atom stereocenters. The molecule has 0 bridgehead atoms. The van der Waals surface area contributed by atoms with Crippen molar-refractivity contribution in [3.8, 4) is 5.75 Å². The number of para-hydroxylation sites is 1. The molecule has 1 aliphatic carbocycles. The van der Waals surface area contributed by atoms with Crippen molar-refractivity contribution in [1.29, 1.82) is 0 Å². The van der Waals surface area contributed by atoms with Gasteiger partial charge in [-0.3, -0.25) is 4.79 Å². The van der Waals surface area contributed by atoms with Crippen LogP contribution in [0.4, 0.5) is 0 Å². The third-order valence-electron chi connectivity index (χ3n) is 5.81. The minimum absolute atomic E-state index is 0.0840. The topological polar surface area (TPSA) is 49.8 Å². The van der Waals surface area contributed by atoms with Crippen molar-refractivity contribution >= 4 is 5.91 Å². The lowest BCUT2D eigenvalue weighted by Crippen LogP contribution is -2.56. The number of piperidine rings is 1. The van der Waals surface area contributed by atoms with Crippen LogP contribution < -0.4 is 4.74 Å². The third kappa shape index (κ3) is 3.04. The zero-order valence-corrected chi connectivity index (χ0v) is 14.8. The van der Waals surface area contributed by atoms with E-state index >= 15 is 0 Å². The van der Waals surface area contributed by atoms with Crippen LogP contribution in [0.15, 0.2) is 24.3 Å². The molecule has 1 aliphatic heterocycles. The van der Waals surface area contributed by atoms with Gasteiger partial charge in [0.25, 0.3) is 0 Å². The van der Waals surface area contributed by atoms with Gasteiger partial charge in [0, 0.05) is 24.4 Å². The van der Waals surface area contributed by atoms with Crippen molar-refractivity contribution < 1.29 is 14.6 Å². The van der Waals surface area contributed by atoms with Crippen LogP contribution in [0.25, 0.3) is 0 Å². The van der Waals surface area contributed by atoms with E-state index in [-0.39, 0.29) is 17.9 Å². The van der Waals surface area contributed by atoms with E-state index in [1.807, 2.05) is 30.0 Å². The van der Waals surface area contributed by atoms with Crippen LogP contribution in [0.1, 0.15) is 63.5 Å². The third-order valence-corrected chi connectivity index (χ3v) is 5.81. The van der Waals surface area contributed by atoms with Crippen LogP contribution in [0.2, 0.25) is 0 Å². The summed E-state index contributed by atoms with van der Waals surface area (Å²) in [6, 6.07) is 7.87. The first-order chi connectivity index (χ1) is 11.6. The monoisotopic (exact) mass is 331 g/mol. The highest BCUT2D eigenvalue weighted by molar-refractivity contribution is 5.77. The SMILES string of the molecule is CCCC(=O)N1CC[C@@]2(O)CCCC[C@@H]2[C@@H]1c1ccccc1OC. The van der Waals surface area contributed by atoms with Crippen LogP contribution in [0, 0.1) is 5.92 Å². The molecular weight excluding hydrogens is 302 g/mol. The van der Waals surface area contributed by atoms with Gasteiger partial charge in [0.15, 0.2) is 0 Å². The Balaban J connectivity index is 2.03. The van der Waals surface area contributed by atoms with Gasteiger partial charge in [-0.05, 0) is 31.7 Å². The number of amides is 1. The van der Waals surface area contributed by atoms with Crippen molar-refractivity contribution in [3.63, 3.8) is 0 Å². The summed E-state index contributed by atoms with van der Waals surface area (Å²) in [6.07, 6.45) is 6.12. The Bertz CT molecular complexity index is 588. The van der Waals surface area contributed by atoms with E-state index in [2.05, 4.69) is 6.07 Å². The molecule has 3 rings (SSSR count). The number of likely N-dealkylation sites (tertiary alicyclic amines) is 1.